The normalized spacial score (nSPS) is 33.1. The predicted octanol–water partition coefficient (Wildman–Crippen LogP) is 2.04. The van der Waals surface area contributed by atoms with Crippen LogP contribution in [0.1, 0.15) is 38.5 Å². The third-order valence-corrected chi connectivity index (χ3v) is 5.26. The zero-order chi connectivity index (χ0) is 15.6. The molecular formula is C16H26F2N2O2. The molecule has 0 saturated carbocycles. The van der Waals surface area contributed by atoms with Gasteiger partial charge in [0.05, 0.1) is 18.6 Å². The minimum Gasteiger partial charge on any atom is -0.377 e. The molecule has 1 N–H and O–H groups in total. The lowest BCUT2D eigenvalue weighted by atomic mass is 9.86. The molecule has 3 saturated heterocycles. The van der Waals surface area contributed by atoms with Crippen LogP contribution in [0.3, 0.4) is 0 Å². The van der Waals surface area contributed by atoms with Gasteiger partial charge in [0.15, 0.2) is 0 Å². The summed E-state index contributed by atoms with van der Waals surface area (Å²) in [5.41, 5.74) is 0. The first-order valence-electron chi connectivity index (χ1n) is 8.54. The third kappa shape index (κ3) is 3.77. The molecule has 0 spiro atoms. The maximum Gasteiger partial charge on any atom is 0.265 e. The molecule has 126 valence electrons. The molecule has 2 atom stereocenters. The van der Waals surface area contributed by atoms with Gasteiger partial charge in [-0.05, 0) is 51.1 Å². The molecular weight excluding hydrogens is 290 g/mol. The highest BCUT2D eigenvalue weighted by Gasteiger charge is 2.42. The fraction of sp³-hybridized carbons (Fsp3) is 0.938. The number of halogens is 2. The van der Waals surface area contributed by atoms with E-state index in [2.05, 4.69) is 5.32 Å². The van der Waals surface area contributed by atoms with Crippen molar-refractivity contribution in [1.29, 1.82) is 0 Å². The summed E-state index contributed by atoms with van der Waals surface area (Å²) in [5, 5.41) is 3.33. The van der Waals surface area contributed by atoms with Crippen LogP contribution in [0.5, 0.6) is 0 Å². The van der Waals surface area contributed by atoms with Crippen molar-refractivity contribution >= 4 is 5.91 Å². The maximum absolute atomic E-state index is 13.5. The molecule has 3 rings (SSSR count). The predicted molar refractivity (Wildman–Crippen MR) is 78.8 cm³/mol. The van der Waals surface area contributed by atoms with Crippen molar-refractivity contribution in [2.45, 2.75) is 50.6 Å². The van der Waals surface area contributed by atoms with Crippen molar-refractivity contribution in [3.05, 3.63) is 0 Å². The van der Waals surface area contributed by atoms with E-state index in [9.17, 15) is 13.6 Å². The molecule has 0 radical (unpaired) electrons. The number of alkyl halides is 2. The molecule has 3 aliphatic heterocycles. The molecule has 3 aliphatic rings. The van der Waals surface area contributed by atoms with Crippen LogP contribution in [0.4, 0.5) is 8.78 Å². The topological polar surface area (TPSA) is 41.6 Å². The molecule has 3 heterocycles. The molecule has 1 amide bonds. The Morgan fingerprint density at radius 1 is 1.27 bits per heavy atom. The molecule has 6 heteroatoms. The Morgan fingerprint density at radius 3 is 2.77 bits per heavy atom. The first kappa shape index (κ1) is 16.1. The molecule has 0 bridgehead atoms. The summed E-state index contributed by atoms with van der Waals surface area (Å²) in [6, 6.07) is 0. The van der Waals surface area contributed by atoms with Gasteiger partial charge in [0.2, 0.25) is 5.91 Å². The van der Waals surface area contributed by atoms with E-state index in [0.717, 1.165) is 32.4 Å². The number of rotatable bonds is 3. The third-order valence-electron chi connectivity index (χ3n) is 5.26. The SMILES string of the molecule is O=C([C@@H]1CCO[C@@H]1CC1CCNCC1)N1CCCC(F)(F)C1. The van der Waals surface area contributed by atoms with E-state index in [1.165, 1.54) is 4.90 Å². The zero-order valence-electron chi connectivity index (χ0n) is 13.0. The number of likely N-dealkylation sites (tertiary alicyclic amines) is 1. The van der Waals surface area contributed by atoms with E-state index in [1.807, 2.05) is 0 Å². The van der Waals surface area contributed by atoms with Crippen LogP contribution in [0, 0.1) is 11.8 Å². The first-order valence-corrected chi connectivity index (χ1v) is 8.54. The molecule has 3 fully saturated rings. The van der Waals surface area contributed by atoms with Crippen molar-refractivity contribution < 1.29 is 18.3 Å². The Labute approximate surface area is 130 Å². The summed E-state index contributed by atoms with van der Waals surface area (Å²) in [7, 11) is 0. The van der Waals surface area contributed by atoms with Crippen LogP contribution in [0.25, 0.3) is 0 Å². The maximum atomic E-state index is 13.5. The van der Waals surface area contributed by atoms with Gasteiger partial charge in [0.1, 0.15) is 0 Å². The van der Waals surface area contributed by atoms with Gasteiger partial charge in [-0.1, -0.05) is 0 Å². The molecule has 0 aromatic rings. The lowest BCUT2D eigenvalue weighted by Gasteiger charge is -2.35. The van der Waals surface area contributed by atoms with Gasteiger partial charge in [-0.3, -0.25) is 4.79 Å². The number of hydrogen-bond donors (Lipinski definition) is 1. The van der Waals surface area contributed by atoms with Crippen LogP contribution in [0.15, 0.2) is 0 Å². The Balaban J connectivity index is 1.58. The second kappa shape index (κ2) is 6.79. The number of carbonyl (C=O) groups excluding carboxylic acids is 1. The minimum absolute atomic E-state index is 0.0776. The first-order chi connectivity index (χ1) is 10.6. The molecule has 4 nitrogen and oxygen atoms in total. The summed E-state index contributed by atoms with van der Waals surface area (Å²) < 4.78 is 32.9. The van der Waals surface area contributed by atoms with E-state index in [1.54, 1.807) is 0 Å². The number of carbonyl (C=O) groups is 1. The minimum atomic E-state index is -2.72. The Bertz CT molecular complexity index is 400. The van der Waals surface area contributed by atoms with Gasteiger partial charge in [-0.2, -0.15) is 0 Å². The average Bonchev–Trinajstić information content (AvgIpc) is 2.94. The number of ether oxygens (including phenoxy) is 1. The number of amides is 1. The van der Waals surface area contributed by atoms with E-state index in [4.69, 9.17) is 4.74 Å². The average molecular weight is 316 g/mol. The monoisotopic (exact) mass is 316 g/mol. The second-order valence-electron chi connectivity index (χ2n) is 6.95. The van der Waals surface area contributed by atoms with Gasteiger partial charge < -0.3 is 15.0 Å². The quantitative estimate of drug-likeness (QED) is 0.866. The van der Waals surface area contributed by atoms with Gasteiger partial charge in [0, 0.05) is 19.6 Å². The van der Waals surface area contributed by atoms with Crippen molar-refractivity contribution in [3.63, 3.8) is 0 Å². The van der Waals surface area contributed by atoms with Gasteiger partial charge in [-0.15, -0.1) is 0 Å². The number of nitrogens with one attached hydrogen (secondary N) is 1. The summed E-state index contributed by atoms with van der Waals surface area (Å²) in [6.07, 6.45) is 4.01. The molecule has 0 aliphatic carbocycles. The highest BCUT2D eigenvalue weighted by Crippen LogP contribution is 2.33. The van der Waals surface area contributed by atoms with Crippen LogP contribution < -0.4 is 5.32 Å². The van der Waals surface area contributed by atoms with Crippen LogP contribution in [-0.2, 0) is 9.53 Å². The standard InChI is InChI=1S/C16H26F2N2O2/c17-16(18)5-1-8-20(11-16)15(21)13-4-9-22-14(13)10-12-2-6-19-7-3-12/h12-14,19H,1-11H2/t13-,14-/m1/s1. The Kier molecular flexibility index (Phi) is 4.97. The summed E-state index contributed by atoms with van der Waals surface area (Å²) in [5.74, 6) is -2.47. The van der Waals surface area contributed by atoms with Crippen LogP contribution in [0.2, 0.25) is 0 Å². The van der Waals surface area contributed by atoms with Crippen LogP contribution in [-0.4, -0.2) is 55.6 Å². The van der Waals surface area contributed by atoms with Crippen molar-refractivity contribution in [2.24, 2.45) is 11.8 Å². The highest BCUT2D eigenvalue weighted by molar-refractivity contribution is 5.80. The highest BCUT2D eigenvalue weighted by atomic mass is 19.3. The second-order valence-corrected chi connectivity index (χ2v) is 6.95. The number of hydrogen-bond acceptors (Lipinski definition) is 3. The van der Waals surface area contributed by atoms with Crippen molar-refractivity contribution in [3.8, 4) is 0 Å². The van der Waals surface area contributed by atoms with E-state index < -0.39 is 12.5 Å². The van der Waals surface area contributed by atoms with Crippen LogP contribution >= 0.6 is 0 Å². The fourth-order valence-corrected chi connectivity index (χ4v) is 4.00. The van der Waals surface area contributed by atoms with Gasteiger partial charge in [0.25, 0.3) is 5.92 Å². The molecule has 0 aromatic carbocycles. The summed E-state index contributed by atoms with van der Waals surface area (Å²) in [4.78, 5) is 14.0. The fourth-order valence-electron chi connectivity index (χ4n) is 4.00. The molecule has 0 aromatic heterocycles. The lowest BCUT2D eigenvalue weighted by Crippen LogP contribution is -2.49. The zero-order valence-corrected chi connectivity index (χ0v) is 13.0. The molecule has 0 unspecified atom stereocenters. The van der Waals surface area contributed by atoms with Gasteiger partial charge >= 0.3 is 0 Å². The molecule has 22 heavy (non-hydrogen) atoms. The number of nitrogens with zero attached hydrogens (tertiary/aromatic N) is 1. The van der Waals surface area contributed by atoms with E-state index in [0.29, 0.717) is 31.9 Å². The van der Waals surface area contributed by atoms with Crippen molar-refractivity contribution in [2.75, 3.05) is 32.8 Å². The summed E-state index contributed by atoms with van der Waals surface area (Å²) in [6.45, 7) is 2.67. The van der Waals surface area contributed by atoms with E-state index >= 15 is 0 Å². The Morgan fingerprint density at radius 2 is 2.05 bits per heavy atom. The Hall–Kier alpha value is -0.750. The number of piperidine rings is 2. The smallest absolute Gasteiger partial charge is 0.265 e. The summed E-state index contributed by atoms with van der Waals surface area (Å²) >= 11 is 0. The van der Waals surface area contributed by atoms with Gasteiger partial charge in [-0.25, -0.2) is 8.78 Å². The van der Waals surface area contributed by atoms with E-state index in [-0.39, 0.29) is 24.3 Å². The largest absolute Gasteiger partial charge is 0.377 e. The lowest BCUT2D eigenvalue weighted by molar-refractivity contribution is -0.147. The van der Waals surface area contributed by atoms with Crippen molar-refractivity contribution in [1.82, 2.24) is 10.2 Å².